The number of anilines is 2. The van der Waals surface area contributed by atoms with Crippen LogP contribution < -0.4 is 19.7 Å². The minimum atomic E-state index is 0.726. The number of hydrogen-bond donors (Lipinski definition) is 1. The first-order chi connectivity index (χ1) is 12.2. The molecule has 0 saturated carbocycles. The molecule has 1 fully saturated rings. The van der Waals surface area contributed by atoms with Gasteiger partial charge in [0.15, 0.2) is 5.11 Å². The Morgan fingerprint density at radius 3 is 2.16 bits per heavy atom. The molecule has 1 heterocycles. The normalized spacial score (nSPS) is 14.2. The van der Waals surface area contributed by atoms with Crippen molar-refractivity contribution in [2.45, 2.75) is 0 Å². The van der Waals surface area contributed by atoms with Crippen molar-refractivity contribution in [3.63, 3.8) is 0 Å². The molecule has 132 valence electrons. The summed E-state index contributed by atoms with van der Waals surface area (Å²) in [4.78, 5) is 4.52. The summed E-state index contributed by atoms with van der Waals surface area (Å²) >= 11 is 5.58. The second-order valence-corrected chi connectivity index (χ2v) is 6.16. The second kappa shape index (κ2) is 8.07. The molecule has 1 N–H and O–H groups in total. The van der Waals surface area contributed by atoms with Crippen LogP contribution in [-0.2, 0) is 0 Å². The smallest absolute Gasteiger partial charge is 0.173 e. The lowest BCUT2D eigenvalue weighted by Crippen LogP contribution is -2.50. The maximum absolute atomic E-state index is 5.58. The van der Waals surface area contributed by atoms with Crippen molar-refractivity contribution >= 4 is 28.7 Å². The van der Waals surface area contributed by atoms with Crippen LogP contribution >= 0.6 is 12.2 Å². The third kappa shape index (κ3) is 3.96. The van der Waals surface area contributed by atoms with Crippen LogP contribution in [0.2, 0.25) is 0 Å². The summed E-state index contributed by atoms with van der Waals surface area (Å²) < 4.78 is 10.8. The SMILES string of the molecule is COc1ccccc1NC(=S)N1CCN(c2ccccc2OC)CC1. The average molecular weight is 357 g/mol. The van der Waals surface area contributed by atoms with Gasteiger partial charge in [0.1, 0.15) is 11.5 Å². The zero-order chi connectivity index (χ0) is 17.6. The summed E-state index contributed by atoms with van der Waals surface area (Å²) in [5, 5.41) is 4.02. The molecule has 1 aliphatic heterocycles. The van der Waals surface area contributed by atoms with E-state index in [9.17, 15) is 0 Å². The molecule has 0 bridgehead atoms. The van der Waals surface area contributed by atoms with Crippen molar-refractivity contribution in [3.05, 3.63) is 48.5 Å². The first kappa shape index (κ1) is 17.4. The zero-order valence-corrected chi connectivity index (χ0v) is 15.4. The summed E-state index contributed by atoms with van der Waals surface area (Å²) in [6.07, 6.45) is 0. The number of ether oxygens (including phenoxy) is 2. The molecule has 0 atom stereocenters. The lowest BCUT2D eigenvalue weighted by atomic mass is 10.2. The molecule has 2 aromatic carbocycles. The van der Waals surface area contributed by atoms with Gasteiger partial charge in [0, 0.05) is 26.2 Å². The standard InChI is InChI=1S/C19H23N3O2S/c1-23-17-9-5-3-7-15(17)20-19(25)22-13-11-21(12-14-22)16-8-4-6-10-18(16)24-2/h3-10H,11-14H2,1-2H3,(H,20,25). The highest BCUT2D eigenvalue weighted by Gasteiger charge is 2.21. The van der Waals surface area contributed by atoms with Crippen molar-refractivity contribution in [1.82, 2.24) is 4.90 Å². The van der Waals surface area contributed by atoms with Crippen LogP contribution in [0.1, 0.15) is 0 Å². The Balaban J connectivity index is 1.61. The lowest BCUT2D eigenvalue weighted by Gasteiger charge is -2.37. The van der Waals surface area contributed by atoms with Crippen molar-refractivity contribution < 1.29 is 9.47 Å². The van der Waals surface area contributed by atoms with Crippen LogP contribution in [0.5, 0.6) is 11.5 Å². The quantitative estimate of drug-likeness (QED) is 0.847. The van der Waals surface area contributed by atoms with Gasteiger partial charge in [0.2, 0.25) is 0 Å². The van der Waals surface area contributed by atoms with E-state index in [2.05, 4.69) is 21.2 Å². The summed E-state index contributed by atoms with van der Waals surface area (Å²) in [6, 6.07) is 15.9. The van der Waals surface area contributed by atoms with E-state index >= 15 is 0 Å². The minimum absolute atomic E-state index is 0.726. The van der Waals surface area contributed by atoms with Crippen molar-refractivity contribution in [1.29, 1.82) is 0 Å². The molecule has 2 aromatic rings. The van der Waals surface area contributed by atoms with Gasteiger partial charge in [-0.05, 0) is 36.5 Å². The predicted molar refractivity (Wildman–Crippen MR) is 106 cm³/mol. The molecule has 3 rings (SSSR count). The molecule has 0 unspecified atom stereocenters. The van der Waals surface area contributed by atoms with Crippen molar-refractivity contribution in [2.24, 2.45) is 0 Å². The molecule has 1 aliphatic rings. The summed E-state index contributed by atoms with van der Waals surface area (Å²) in [5.41, 5.74) is 2.02. The van der Waals surface area contributed by atoms with Crippen LogP contribution in [0.15, 0.2) is 48.5 Å². The number of thiocarbonyl (C=S) groups is 1. The largest absolute Gasteiger partial charge is 0.495 e. The average Bonchev–Trinajstić information content (AvgIpc) is 2.68. The van der Waals surface area contributed by atoms with Gasteiger partial charge in [-0.1, -0.05) is 24.3 Å². The number of benzene rings is 2. The van der Waals surface area contributed by atoms with E-state index in [1.54, 1.807) is 14.2 Å². The maximum atomic E-state index is 5.58. The number of rotatable bonds is 4. The maximum Gasteiger partial charge on any atom is 0.173 e. The first-order valence-corrected chi connectivity index (χ1v) is 8.70. The molecular formula is C19H23N3O2S. The summed E-state index contributed by atoms with van der Waals surface area (Å²) in [6.45, 7) is 3.51. The van der Waals surface area contributed by atoms with E-state index in [4.69, 9.17) is 21.7 Å². The zero-order valence-electron chi connectivity index (χ0n) is 14.6. The van der Waals surface area contributed by atoms with Gasteiger partial charge in [-0.15, -0.1) is 0 Å². The molecule has 0 spiro atoms. The van der Waals surface area contributed by atoms with E-state index in [0.717, 1.165) is 54.2 Å². The number of hydrogen-bond acceptors (Lipinski definition) is 4. The summed E-state index contributed by atoms with van der Waals surface area (Å²) in [7, 11) is 3.37. The van der Waals surface area contributed by atoms with Crippen LogP contribution in [0, 0.1) is 0 Å². The third-order valence-corrected chi connectivity index (χ3v) is 4.70. The Hall–Kier alpha value is -2.47. The highest BCUT2D eigenvalue weighted by atomic mass is 32.1. The molecule has 1 saturated heterocycles. The highest BCUT2D eigenvalue weighted by molar-refractivity contribution is 7.80. The number of piperazine rings is 1. The molecule has 25 heavy (non-hydrogen) atoms. The van der Waals surface area contributed by atoms with E-state index in [1.807, 2.05) is 42.5 Å². The number of nitrogens with zero attached hydrogens (tertiary/aromatic N) is 2. The minimum Gasteiger partial charge on any atom is -0.495 e. The van der Waals surface area contributed by atoms with Gasteiger partial charge in [-0.2, -0.15) is 0 Å². The molecule has 5 nitrogen and oxygen atoms in total. The van der Waals surface area contributed by atoms with Crippen molar-refractivity contribution in [3.8, 4) is 11.5 Å². The van der Waals surface area contributed by atoms with Crippen LogP contribution in [0.3, 0.4) is 0 Å². The molecule has 0 radical (unpaired) electrons. The fraction of sp³-hybridized carbons (Fsp3) is 0.316. The molecule has 6 heteroatoms. The monoisotopic (exact) mass is 357 g/mol. The molecular weight excluding hydrogens is 334 g/mol. The Morgan fingerprint density at radius 1 is 0.880 bits per heavy atom. The Bertz CT molecular complexity index is 730. The Labute approximate surface area is 154 Å². The second-order valence-electron chi connectivity index (χ2n) is 5.78. The molecule has 0 aromatic heterocycles. The van der Waals surface area contributed by atoms with E-state index < -0.39 is 0 Å². The fourth-order valence-corrected chi connectivity index (χ4v) is 3.28. The number of methoxy groups -OCH3 is 2. The van der Waals surface area contributed by atoms with E-state index in [1.165, 1.54) is 0 Å². The van der Waals surface area contributed by atoms with Crippen LogP contribution in [0.4, 0.5) is 11.4 Å². The van der Waals surface area contributed by atoms with Gasteiger partial charge in [0.05, 0.1) is 25.6 Å². The van der Waals surface area contributed by atoms with Gasteiger partial charge in [0.25, 0.3) is 0 Å². The highest BCUT2D eigenvalue weighted by Crippen LogP contribution is 2.28. The van der Waals surface area contributed by atoms with Gasteiger partial charge < -0.3 is 24.6 Å². The number of nitrogens with one attached hydrogen (secondary N) is 1. The van der Waals surface area contributed by atoms with Crippen LogP contribution in [0.25, 0.3) is 0 Å². The van der Waals surface area contributed by atoms with Crippen molar-refractivity contribution in [2.75, 3.05) is 50.6 Å². The van der Waals surface area contributed by atoms with Gasteiger partial charge in [-0.25, -0.2) is 0 Å². The Morgan fingerprint density at radius 2 is 1.48 bits per heavy atom. The predicted octanol–water partition coefficient (Wildman–Crippen LogP) is 3.22. The third-order valence-electron chi connectivity index (χ3n) is 4.34. The summed E-state index contributed by atoms with van der Waals surface area (Å²) in [5.74, 6) is 1.70. The van der Waals surface area contributed by atoms with Gasteiger partial charge in [-0.3, -0.25) is 0 Å². The van der Waals surface area contributed by atoms with Crippen LogP contribution in [-0.4, -0.2) is 50.4 Å². The fourth-order valence-electron chi connectivity index (χ4n) is 2.98. The van der Waals surface area contributed by atoms with Gasteiger partial charge >= 0.3 is 0 Å². The van der Waals surface area contributed by atoms with E-state index in [0.29, 0.717) is 0 Å². The topological polar surface area (TPSA) is 37.0 Å². The Kier molecular flexibility index (Phi) is 5.60. The first-order valence-electron chi connectivity index (χ1n) is 8.30. The van der Waals surface area contributed by atoms with E-state index in [-0.39, 0.29) is 0 Å². The lowest BCUT2D eigenvalue weighted by molar-refractivity contribution is 0.381. The number of para-hydroxylation sites is 4. The molecule has 0 aliphatic carbocycles. The molecule has 0 amide bonds.